The fourth-order valence-electron chi connectivity index (χ4n) is 0.511. The van der Waals surface area contributed by atoms with Crippen molar-refractivity contribution in [3.8, 4) is 0 Å². The molecule has 0 fully saturated rings. The van der Waals surface area contributed by atoms with Gasteiger partial charge in [-0.25, -0.2) is 0 Å². The largest absolute Gasteiger partial charge is 0.397 e. The lowest BCUT2D eigenvalue weighted by Gasteiger charge is -1.94. The van der Waals surface area contributed by atoms with E-state index >= 15 is 0 Å². The molecule has 0 amide bonds. The maximum atomic E-state index is 8.74. The van der Waals surface area contributed by atoms with E-state index in [4.69, 9.17) is 34.1 Å². The lowest BCUT2D eigenvalue weighted by Crippen LogP contribution is -1.91. The van der Waals surface area contributed by atoms with Gasteiger partial charge in [0, 0.05) is 6.61 Å². The first-order valence-corrected chi connectivity index (χ1v) is 5.52. The predicted molar refractivity (Wildman–Crippen MR) is 62.2 cm³/mol. The smallest absolute Gasteiger partial charge is 0.394 e. The van der Waals surface area contributed by atoms with E-state index < -0.39 is 10.4 Å². The van der Waals surface area contributed by atoms with Crippen molar-refractivity contribution >= 4 is 21.8 Å². The average molecular weight is 252 g/mol. The number of nitrogen functional groups attached to an aromatic ring is 2. The van der Waals surface area contributed by atoms with Gasteiger partial charge in [-0.3, -0.25) is 9.11 Å². The topological polar surface area (TPSA) is 147 Å². The molecule has 8 heteroatoms. The van der Waals surface area contributed by atoms with Crippen molar-refractivity contribution in [2.45, 2.75) is 6.92 Å². The van der Waals surface area contributed by atoms with E-state index in [0.717, 1.165) is 0 Å². The lowest BCUT2D eigenvalue weighted by atomic mass is 10.3. The van der Waals surface area contributed by atoms with Crippen LogP contribution in [0, 0.1) is 0 Å². The molecule has 7 N–H and O–H groups in total. The summed E-state index contributed by atoms with van der Waals surface area (Å²) in [7, 11) is -4.67. The van der Waals surface area contributed by atoms with Crippen LogP contribution < -0.4 is 11.5 Å². The van der Waals surface area contributed by atoms with Gasteiger partial charge in [0.25, 0.3) is 0 Å². The summed E-state index contributed by atoms with van der Waals surface area (Å²) >= 11 is 0. The van der Waals surface area contributed by atoms with Gasteiger partial charge in [-0.15, -0.1) is 0 Å². The number of aliphatic hydroxyl groups excluding tert-OH is 1. The molecule has 0 saturated carbocycles. The van der Waals surface area contributed by atoms with Crippen molar-refractivity contribution in [1.29, 1.82) is 0 Å². The quantitative estimate of drug-likeness (QED) is 0.327. The molecule has 0 bridgehead atoms. The number of rotatable bonds is 0. The monoisotopic (exact) mass is 252 g/mol. The Balaban J connectivity index is 0. The molecule has 16 heavy (non-hydrogen) atoms. The molecule has 0 spiro atoms. The summed E-state index contributed by atoms with van der Waals surface area (Å²) in [5.74, 6) is 0. The fourth-order valence-corrected chi connectivity index (χ4v) is 0.511. The zero-order valence-electron chi connectivity index (χ0n) is 8.74. The number of para-hydroxylation sites is 2. The first-order valence-electron chi connectivity index (χ1n) is 4.13. The van der Waals surface area contributed by atoms with Crippen LogP contribution in [0.5, 0.6) is 0 Å². The van der Waals surface area contributed by atoms with Crippen LogP contribution in [0.25, 0.3) is 0 Å². The number of aliphatic hydroxyl groups is 1. The third-order valence-corrected chi connectivity index (χ3v) is 0.996. The molecule has 1 rings (SSSR count). The van der Waals surface area contributed by atoms with Gasteiger partial charge < -0.3 is 16.6 Å². The lowest BCUT2D eigenvalue weighted by molar-refractivity contribution is 0.318. The first-order chi connectivity index (χ1) is 7.22. The average Bonchev–Trinajstić information content (AvgIpc) is 2.08. The zero-order valence-corrected chi connectivity index (χ0v) is 9.55. The highest BCUT2D eigenvalue weighted by molar-refractivity contribution is 7.79. The maximum absolute atomic E-state index is 8.74. The molecule has 94 valence electrons. The van der Waals surface area contributed by atoms with E-state index in [2.05, 4.69) is 0 Å². The van der Waals surface area contributed by atoms with Crippen LogP contribution in [0.2, 0.25) is 0 Å². The summed E-state index contributed by atoms with van der Waals surface area (Å²) in [6.45, 7) is 1.93. The van der Waals surface area contributed by atoms with Gasteiger partial charge in [0.1, 0.15) is 0 Å². The number of hydrogen-bond donors (Lipinski definition) is 5. The molecule has 1 aromatic carbocycles. The van der Waals surface area contributed by atoms with Crippen LogP contribution in [-0.4, -0.2) is 29.2 Å². The maximum Gasteiger partial charge on any atom is 0.394 e. The number of benzene rings is 1. The summed E-state index contributed by atoms with van der Waals surface area (Å²) in [6.07, 6.45) is 0. The van der Waals surface area contributed by atoms with E-state index in [1.54, 1.807) is 19.1 Å². The van der Waals surface area contributed by atoms with Crippen molar-refractivity contribution in [2.75, 3.05) is 18.1 Å². The molecule has 0 heterocycles. The molecule has 1 aromatic rings. The molecule has 0 radical (unpaired) electrons. The van der Waals surface area contributed by atoms with Crippen molar-refractivity contribution in [3.63, 3.8) is 0 Å². The van der Waals surface area contributed by atoms with Crippen molar-refractivity contribution in [3.05, 3.63) is 24.3 Å². The first kappa shape index (κ1) is 17.1. The zero-order chi connectivity index (χ0) is 13.2. The molecule has 0 atom stereocenters. The summed E-state index contributed by atoms with van der Waals surface area (Å²) < 4.78 is 31.6. The molecule has 7 nitrogen and oxygen atoms in total. The van der Waals surface area contributed by atoms with Crippen molar-refractivity contribution in [1.82, 2.24) is 0 Å². The molecule has 0 saturated heterocycles. The van der Waals surface area contributed by atoms with Crippen LogP contribution in [-0.2, 0) is 10.4 Å². The minimum atomic E-state index is -4.67. The molecular formula is C8H16N2O5S. The van der Waals surface area contributed by atoms with Crippen LogP contribution in [0.15, 0.2) is 24.3 Å². The van der Waals surface area contributed by atoms with Gasteiger partial charge in [-0.2, -0.15) is 8.42 Å². The molecule has 0 unspecified atom stereocenters. The van der Waals surface area contributed by atoms with Crippen molar-refractivity contribution in [2.24, 2.45) is 0 Å². The van der Waals surface area contributed by atoms with E-state index in [-0.39, 0.29) is 6.61 Å². The number of hydrogen-bond acceptors (Lipinski definition) is 5. The Labute approximate surface area is 94.3 Å². The normalized spacial score (nSPS) is 9.25. The van der Waals surface area contributed by atoms with E-state index in [1.807, 2.05) is 12.1 Å². The minimum absolute atomic E-state index is 0.250. The Morgan fingerprint density at radius 3 is 1.44 bits per heavy atom. The van der Waals surface area contributed by atoms with Crippen LogP contribution in [0.1, 0.15) is 6.92 Å². The Morgan fingerprint density at radius 2 is 1.31 bits per heavy atom. The van der Waals surface area contributed by atoms with Crippen LogP contribution in [0.3, 0.4) is 0 Å². The highest BCUT2D eigenvalue weighted by Gasteiger charge is 1.85. The van der Waals surface area contributed by atoms with Crippen LogP contribution >= 0.6 is 0 Å². The van der Waals surface area contributed by atoms with E-state index in [9.17, 15) is 0 Å². The SMILES string of the molecule is CCO.Nc1ccccc1N.O=S(=O)(O)O. The summed E-state index contributed by atoms with van der Waals surface area (Å²) in [6, 6.07) is 7.25. The van der Waals surface area contributed by atoms with Gasteiger partial charge in [0.2, 0.25) is 0 Å². The minimum Gasteiger partial charge on any atom is -0.397 e. The highest BCUT2D eigenvalue weighted by Crippen LogP contribution is 2.10. The van der Waals surface area contributed by atoms with Gasteiger partial charge in [-0.05, 0) is 19.1 Å². The summed E-state index contributed by atoms with van der Waals surface area (Å²) in [5, 5.41) is 7.57. The number of anilines is 2. The Hall–Kier alpha value is -1.35. The second-order valence-corrected chi connectivity index (χ2v) is 3.29. The highest BCUT2D eigenvalue weighted by atomic mass is 32.3. The molecule has 0 aliphatic rings. The van der Waals surface area contributed by atoms with Crippen LogP contribution in [0.4, 0.5) is 11.4 Å². The Kier molecular flexibility index (Phi) is 9.51. The Morgan fingerprint density at radius 1 is 1.12 bits per heavy atom. The second kappa shape index (κ2) is 8.92. The Bertz CT molecular complexity index is 351. The van der Waals surface area contributed by atoms with Gasteiger partial charge in [-0.1, -0.05) is 12.1 Å². The third-order valence-electron chi connectivity index (χ3n) is 0.996. The summed E-state index contributed by atoms with van der Waals surface area (Å²) in [5.41, 5.74) is 12.1. The van der Waals surface area contributed by atoms with Gasteiger partial charge in [0.05, 0.1) is 11.4 Å². The molecule has 0 aliphatic carbocycles. The standard InChI is InChI=1S/C6H8N2.C2H6O.H2O4S/c7-5-3-1-2-4-6(5)8;1-2-3;1-5(2,3)4/h1-4H,7-8H2;3H,2H2,1H3;(H2,1,2,3,4). The van der Waals surface area contributed by atoms with E-state index in [0.29, 0.717) is 11.4 Å². The fraction of sp³-hybridized carbons (Fsp3) is 0.250. The summed E-state index contributed by atoms with van der Waals surface area (Å²) in [4.78, 5) is 0. The number of nitrogens with two attached hydrogens (primary N) is 2. The molecule has 0 aromatic heterocycles. The molecule has 0 aliphatic heterocycles. The third kappa shape index (κ3) is 18.4. The van der Waals surface area contributed by atoms with Gasteiger partial charge in [0.15, 0.2) is 0 Å². The van der Waals surface area contributed by atoms with E-state index in [1.165, 1.54) is 0 Å². The second-order valence-electron chi connectivity index (χ2n) is 2.39. The van der Waals surface area contributed by atoms with Gasteiger partial charge >= 0.3 is 10.4 Å². The molecular weight excluding hydrogens is 236 g/mol. The predicted octanol–water partition coefficient (Wildman–Crippen LogP) is 0.197. The van der Waals surface area contributed by atoms with Crippen molar-refractivity contribution < 1.29 is 22.6 Å².